The second-order valence-corrected chi connectivity index (χ2v) is 6.53. The van der Waals surface area contributed by atoms with Crippen LogP contribution in [0.5, 0.6) is 5.75 Å². The molecule has 0 aromatic heterocycles. The molecule has 0 bridgehead atoms. The quantitative estimate of drug-likeness (QED) is 0.568. The van der Waals surface area contributed by atoms with E-state index in [9.17, 15) is 9.59 Å². The van der Waals surface area contributed by atoms with Crippen LogP contribution >= 0.6 is 0 Å². The van der Waals surface area contributed by atoms with Crippen molar-refractivity contribution < 1.29 is 19.1 Å². The number of rotatable bonds is 8. The maximum atomic E-state index is 12.6. The Kier molecular flexibility index (Phi) is 6.08. The van der Waals surface area contributed by atoms with Crippen LogP contribution in [0.25, 0.3) is 0 Å². The van der Waals surface area contributed by atoms with E-state index in [4.69, 9.17) is 9.47 Å². The molecule has 2 unspecified atom stereocenters. The molecule has 0 saturated carbocycles. The minimum Gasteiger partial charge on any atom is -0.496 e. The van der Waals surface area contributed by atoms with Crippen molar-refractivity contribution in [3.8, 4) is 5.75 Å². The van der Waals surface area contributed by atoms with Crippen LogP contribution in [0.2, 0.25) is 0 Å². The lowest BCUT2D eigenvalue weighted by Gasteiger charge is -2.17. The van der Waals surface area contributed by atoms with E-state index < -0.39 is 12.0 Å². The van der Waals surface area contributed by atoms with Crippen LogP contribution in [-0.4, -0.2) is 49.6 Å². The molecule has 1 N–H and O–H groups in total. The first-order valence-electron chi connectivity index (χ1n) is 8.90. The average Bonchev–Trinajstić information content (AvgIpc) is 3.47. The van der Waals surface area contributed by atoms with E-state index in [2.05, 4.69) is 5.32 Å². The number of nitrogens with one attached hydrogen (secondary N) is 1. The highest BCUT2D eigenvalue weighted by atomic mass is 16.5. The maximum Gasteiger partial charge on any atom is 0.328 e. The van der Waals surface area contributed by atoms with Gasteiger partial charge in [-0.25, -0.2) is 4.79 Å². The molecule has 1 amide bonds. The van der Waals surface area contributed by atoms with Gasteiger partial charge in [0.25, 0.3) is 0 Å². The van der Waals surface area contributed by atoms with E-state index in [1.807, 2.05) is 59.5 Å². The summed E-state index contributed by atoms with van der Waals surface area (Å²) in [7, 11) is 2.97. The molecular formula is C21H24N2O4. The highest BCUT2D eigenvalue weighted by Crippen LogP contribution is 2.26. The minimum atomic E-state index is -0.696. The van der Waals surface area contributed by atoms with Gasteiger partial charge in [-0.15, -0.1) is 0 Å². The number of carbonyl (C=O) groups is 2. The number of hydrogen-bond donors (Lipinski definition) is 1. The standard InChI is InChI=1S/C21H24N2O4/c1-26-19-11-7-6-10-16(19)13-23-14-18(23)20(24)22-17(21(25)27-2)12-15-8-4-3-5-9-15/h3-11,17-18H,12-14H2,1-2H3,(H,22,24)/t17-,18?,23?/m1/s1. The van der Waals surface area contributed by atoms with Crippen LogP contribution in [0.4, 0.5) is 0 Å². The van der Waals surface area contributed by atoms with Crippen molar-refractivity contribution in [3.05, 3.63) is 65.7 Å². The number of esters is 1. The van der Waals surface area contributed by atoms with Crippen molar-refractivity contribution >= 4 is 11.9 Å². The summed E-state index contributed by atoms with van der Waals surface area (Å²) >= 11 is 0. The molecule has 6 nitrogen and oxygen atoms in total. The highest BCUT2D eigenvalue weighted by molar-refractivity contribution is 5.89. The molecule has 6 heteroatoms. The van der Waals surface area contributed by atoms with Crippen LogP contribution in [0.15, 0.2) is 54.6 Å². The van der Waals surface area contributed by atoms with Crippen LogP contribution in [0.3, 0.4) is 0 Å². The zero-order valence-electron chi connectivity index (χ0n) is 15.6. The molecule has 1 saturated heterocycles. The van der Waals surface area contributed by atoms with Crippen LogP contribution < -0.4 is 10.1 Å². The molecule has 1 fully saturated rings. The van der Waals surface area contributed by atoms with Gasteiger partial charge in [-0.05, 0) is 11.6 Å². The van der Waals surface area contributed by atoms with Gasteiger partial charge in [0.1, 0.15) is 17.8 Å². The molecule has 0 spiro atoms. The summed E-state index contributed by atoms with van der Waals surface area (Å²) in [6.07, 6.45) is 0.401. The molecule has 27 heavy (non-hydrogen) atoms. The van der Waals surface area contributed by atoms with Gasteiger partial charge in [0, 0.05) is 25.1 Å². The van der Waals surface area contributed by atoms with Crippen LogP contribution in [0, 0.1) is 0 Å². The van der Waals surface area contributed by atoms with Crippen molar-refractivity contribution in [1.82, 2.24) is 10.2 Å². The summed E-state index contributed by atoms with van der Waals surface area (Å²) in [6, 6.07) is 16.4. The predicted octanol–water partition coefficient (Wildman–Crippen LogP) is 1.78. The van der Waals surface area contributed by atoms with Crippen molar-refractivity contribution in [2.75, 3.05) is 20.8 Å². The van der Waals surface area contributed by atoms with Crippen LogP contribution in [0.1, 0.15) is 11.1 Å². The van der Waals surface area contributed by atoms with E-state index in [1.54, 1.807) is 7.11 Å². The van der Waals surface area contributed by atoms with Crippen molar-refractivity contribution in [1.29, 1.82) is 0 Å². The Morgan fingerprint density at radius 2 is 1.81 bits per heavy atom. The Morgan fingerprint density at radius 1 is 1.11 bits per heavy atom. The SMILES string of the molecule is COC(=O)[C@@H](Cc1ccccc1)NC(=O)C1CN1Cc1ccccc1OC. The lowest BCUT2D eigenvalue weighted by atomic mass is 10.1. The Bertz CT molecular complexity index is 794. The molecule has 2 aromatic carbocycles. The molecule has 0 radical (unpaired) electrons. The number of benzene rings is 2. The fraction of sp³-hybridized carbons (Fsp3) is 0.333. The summed E-state index contributed by atoms with van der Waals surface area (Å²) in [5, 5.41) is 2.84. The van der Waals surface area contributed by atoms with Gasteiger partial charge in [-0.1, -0.05) is 48.5 Å². The molecule has 1 aliphatic rings. The molecule has 1 aliphatic heterocycles. The van der Waals surface area contributed by atoms with Gasteiger partial charge in [0.05, 0.1) is 14.2 Å². The molecule has 2 aromatic rings. The molecule has 1 heterocycles. The average molecular weight is 368 g/mol. The largest absolute Gasteiger partial charge is 0.496 e. The van der Waals surface area contributed by atoms with Gasteiger partial charge in [0.15, 0.2) is 0 Å². The van der Waals surface area contributed by atoms with Crippen molar-refractivity contribution in [2.45, 2.75) is 25.0 Å². The van der Waals surface area contributed by atoms with Crippen molar-refractivity contribution in [3.63, 3.8) is 0 Å². The van der Waals surface area contributed by atoms with Gasteiger partial charge < -0.3 is 14.8 Å². The first-order valence-corrected chi connectivity index (χ1v) is 8.90. The monoisotopic (exact) mass is 368 g/mol. The summed E-state index contributed by atoms with van der Waals surface area (Å²) < 4.78 is 10.2. The number of para-hydroxylation sites is 1. The third-order valence-corrected chi connectivity index (χ3v) is 4.67. The van der Waals surface area contributed by atoms with Gasteiger partial charge >= 0.3 is 5.97 Å². The first kappa shape index (κ1) is 18.9. The topological polar surface area (TPSA) is 67.6 Å². The molecular weight excluding hydrogens is 344 g/mol. The van der Waals surface area contributed by atoms with E-state index in [0.717, 1.165) is 16.9 Å². The number of ether oxygens (including phenoxy) is 2. The third kappa shape index (κ3) is 4.86. The maximum absolute atomic E-state index is 12.6. The predicted molar refractivity (Wildman–Crippen MR) is 101 cm³/mol. The second kappa shape index (κ2) is 8.68. The number of methoxy groups -OCH3 is 2. The zero-order valence-corrected chi connectivity index (χ0v) is 15.6. The number of hydrogen-bond acceptors (Lipinski definition) is 5. The summed E-state index contributed by atoms with van der Waals surface area (Å²) in [5.41, 5.74) is 2.00. The smallest absolute Gasteiger partial charge is 0.328 e. The van der Waals surface area contributed by atoms with Gasteiger partial charge in [0.2, 0.25) is 5.91 Å². The highest BCUT2D eigenvalue weighted by Gasteiger charge is 2.41. The lowest BCUT2D eigenvalue weighted by molar-refractivity contribution is -0.145. The zero-order chi connectivity index (χ0) is 19.2. The number of nitrogens with zero attached hydrogens (tertiary/aromatic N) is 1. The molecule has 0 aliphatic carbocycles. The van der Waals surface area contributed by atoms with E-state index >= 15 is 0 Å². The Hall–Kier alpha value is -2.86. The van der Waals surface area contributed by atoms with Gasteiger partial charge in [-0.2, -0.15) is 0 Å². The fourth-order valence-electron chi connectivity index (χ4n) is 3.10. The van der Waals surface area contributed by atoms with Gasteiger partial charge in [-0.3, -0.25) is 9.69 Å². The molecule has 142 valence electrons. The normalized spacial score (nSPS) is 19.0. The second-order valence-electron chi connectivity index (χ2n) is 6.53. The molecule has 3 atom stereocenters. The minimum absolute atomic E-state index is 0.156. The Labute approximate surface area is 159 Å². The Morgan fingerprint density at radius 3 is 2.52 bits per heavy atom. The number of carbonyl (C=O) groups excluding carboxylic acids is 2. The first-order chi connectivity index (χ1) is 13.1. The third-order valence-electron chi connectivity index (χ3n) is 4.67. The van der Waals surface area contributed by atoms with E-state index in [-0.39, 0.29) is 11.9 Å². The van der Waals surface area contributed by atoms with E-state index in [1.165, 1.54) is 7.11 Å². The van der Waals surface area contributed by atoms with Crippen LogP contribution in [-0.2, 0) is 27.3 Å². The summed E-state index contributed by atoms with van der Waals surface area (Å²) in [6.45, 7) is 1.28. The lowest BCUT2D eigenvalue weighted by Crippen LogP contribution is -2.45. The Balaban J connectivity index is 1.59. The molecule has 3 rings (SSSR count). The van der Waals surface area contributed by atoms with E-state index in [0.29, 0.717) is 19.5 Å². The van der Waals surface area contributed by atoms with Crippen molar-refractivity contribution in [2.24, 2.45) is 0 Å². The fourth-order valence-corrected chi connectivity index (χ4v) is 3.10. The summed E-state index contributed by atoms with van der Waals surface area (Å²) in [4.78, 5) is 26.7. The number of amides is 1. The summed E-state index contributed by atoms with van der Waals surface area (Å²) in [5.74, 6) is 0.209.